The van der Waals surface area contributed by atoms with Crippen molar-refractivity contribution >= 4 is 12.3 Å². The second kappa shape index (κ2) is 7.39. The molecule has 1 aromatic carbocycles. The van der Waals surface area contributed by atoms with Crippen molar-refractivity contribution < 1.29 is 14.3 Å². The molecule has 1 aromatic rings. The molecular formula is C14H16O3. The third kappa shape index (κ3) is 4.64. The molecule has 3 nitrogen and oxygen atoms in total. The van der Waals surface area contributed by atoms with Crippen LogP contribution in [0.25, 0.3) is 0 Å². The van der Waals surface area contributed by atoms with Crippen LogP contribution in [0.15, 0.2) is 42.5 Å². The monoisotopic (exact) mass is 232 g/mol. The fraction of sp³-hybridized carbons (Fsp3) is 0.286. The lowest BCUT2D eigenvalue weighted by Gasteiger charge is -2.09. The maximum Gasteiger partial charge on any atom is 0.338 e. The lowest BCUT2D eigenvalue weighted by atomic mass is 10.2. The SMILES string of the molecule is CC/C=C/C[C@@H](C=O)OC(=O)c1ccccc1. The first-order valence-electron chi connectivity index (χ1n) is 5.64. The van der Waals surface area contributed by atoms with Gasteiger partial charge in [-0.2, -0.15) is 0 Å². The van der Waals surface area contributed by atoms with Gasteiger partial charge in [-0.25, -0.2) is 4.79 Å². The van der Waals surface area contributed by atoms with E-state index < -0.39 is 12.1 Å². The van der Waals surface area contributed by atoms with Crippen LogP contribution < -0.4 is 0 Å². The summed E-state index contributed by atoms with van der Waals surface area (Å²) < 4.78 is 5.07. The van der Waals surface area contributed by atoms with Crippen LogP contribution in [0.3, 0.4) is 0 Å². The molecule has 0 fully saturated rings. The Morgan fingerprint density at radius 3 is 2.59 bits per heavy atom. The van der Waals surface area contributed by atoms with Gasteiger partial charge < -0.3 is 4.74 Å². The summed E-state index contributed by atoms with van der Waals surface area (Å²) in [5.74, 6) is -0.465. The van der Waals surface area contributed by atoms with E-state index in [1.165, 1.54) is 0 Å². The molecule has 1 atom stereocenters. The van der Waals surface area contributed by atoms with Crippen molar-refractivity contribution in [3.8, 4) is 0 Å². The van der Waals surface area contributed by atoms with Gasteiger partial charge >= 0.3 is 5.97 Å². The first-order chi connectivity index (χ1) is 8.27. The number of rotatable bonds is 6. The minimum absolute atomic E-state index is 0.427. The third-order valence-electron chi connectivity index (χ3n) is 2.19. The van der Waals surface area contributed by atoms with E-state index in [-0.39, 0.29) is 0 Å². The molecule has 0 amide bonds. The van der Waals surface area contributed by atoms with Gasteiger partial charge in [0.05, 0.1) is 5.56 Å². The second-order valence-corrected chi connectivity index (χ2v) is 3.56. The Balaban J connectivity index is 2.54. The van der Waals surface area contributed by atoms with Crippen LogP contribution in [-0.4, -0.2) is 18.4 Å². The molecule has 0 aliphatic carbocycles. The number of allylic oxidation sites excluding steroid dienone is 1. The van der Waals surface area contributed by atoms with Crippen LogP contribution in [0.5, 0.6) is 0 Å². The molecule has 1 rings (SSSR count). The van der Waals surface area contributed by atoms with Crippen molar-refractivity contribution in [1.29, 1.82) is 0 Å². The lowest BCUT2D eigenvalue weighted by Crippen LogP contribution is -2.18. The molecule has 3 heteroatoms. The normalized spacial score (nSPS) is 12.3. The highest BCUT2D eigenvalue weighted by atomic mass is 16.5. The van der Waals surface area contributed by atoms with Crippen LogP contribution in [0.1, 0.15) is 30.1 Å². The van der Waals surface area contributed by atoms with E-state index in [1.54, 1.807) is 24.3 Å². The minimum Gasteiger partial charge on any atom is -0.451 e. The predicted octanol–water partition coefficient (Wildman–Crippen LogP) is 2.77. The van der Waals surface area contributed by atoms with Gasteiger partial charge in [0, 0.05) is 6.42 Å². The zero-order chi connectivity index (χ0) is 12.5. The van der Waals surface area contributed by atoms with E-state index >= 15 is 0 Å². The van der Waals surface area contributed by atoms with Gasteiger partial charge in [-0.05, 0) is 18.6 Å². The Morgan fingerprint density at radius 1 is 1.29 bits per heavy atom. The fourth-order valence-corrected chi connectivity index (χ4v) is 1.31. The summed E-state index contributed by atoms with van der Waals surface area (Å²) in [6.07, 6.45) is 5.06. The first kappa shape index (κ1) is 13.2. The molecule has 0 bridgehead atoms. The van der Waals surface area contributed by atoms with Crippen molar-refractivity contribution in [3.63, 3.8) is 0 Å². The molecule has 0 radical (unpaired) electrons. The summed E-state index contributed by atoms with van der Waals surface area (Å²) in [6, 6.07) is 8.64. The summed E-state index contributed by atoms with van der Waals surface area (Å²) in [4.78, 5) is 22.4. The summed E-state index contributed by atoms with van der Waals surface area (Å²) in [5.41, 5.74) is 0.457. The average Bonchev–Trinajstić information content (AvgIpc) is 2.38. The van der Waals surface area contributed by atoms with Gasteiger partial charge in [0.15, 0.2) is 12.4 Å². The zero-order valence-corrected chi connectivity index (χ0v) is 9.84. The van der Waals surface area contributed by atoms with Crippen molar-refractivity contribution in [2.45, 2.75) is 25.9 Å². The van der Waals surface area contributed by atoms with E-state index in [0.717, 1.165) is 6.42 Å². The highest BCUT2D eigenvalue weighted by Crippen LogP contribution is 2.05. The molecule has 90 valence electrons. The number of carbonyl (C=O) groups is 2. The second-order valence-electron chi connectivity index (χ2n) is 3.56. The Bertz CT molecular complexity index is 382. The van der Waals surface area contributed by atoms with E-state index in [9.17, 15) is 9.59 Å². The van der Waals surface area contributed by atoms with Crippen molar-refractivity contribution in [2.75, 3.05) is 0 Å². The smallest absolute Gasteiger partial charge is 0.338 e. The maximum atomic E-state index is 11.6. The fourth-order valence-electron chi connectivity index (χ4n) is 1.31. The van der Waals surface area contributed by atoms with E-state index in [1.807, 2.05) is 25.1 Å². The Morgan fingerprint density at radius 2 is 2.00 bits per heavy atom. The number of hydrogen-bond donors (Lipinski definition) is 0. The summed E-state index contributed by atoms with van der Waals surface area (Å²) in [7, 11) is 0. The maximum absolute atomic E-state index is 11.6. The molecule has 0 aromatic heterocycles. The van der Waals surface area contributed by atoms with Gasteiger partial charge in [0.2, 0.25) is 0 Å². The number of carbonyl (C=O) groups excluding carboxylic acids is 2. The van der Waals surface area contributed by atoms with Crippen LogP contribution in [-0.2, 0) is 9.53 Å². The van der Waals surface area contributed by atoms with Crippen molar-refractivity contribution in [1.82, 2.24) is 0 Å². The molecule has 0 saturated carbocycles. The Hall–Kier alpha value is -1.90. The third-order valence-corrected chi connectivity index (χ3v) is 2.19. The molecule has 17 heavy (non-hydrogen) atoms. The predicted molar refractivity (Wildman–Crippen MR) is 65.8 cm³/mol. The molecule has 0 aliphatic heterocycles. The molecule has 0 N–H and O–H groups in total. The number of hydrogen-bond acceptors (Lipinski definition) is 3. The summed E-state index contributed by atoms with van der Waals surface area (Å²) >= 11 is 0. The van der Waals surface area contributed by atoms with Gasteiger partial charge in [-0.3, -0.25) is 4.79 Å². The van der Waals surface area contributed by atoms with E-state index in [2.05, 4.69) is 0 Å². The molecule has 0 unspecified atom stereocenters. The zero-order valence-electron chi connectivity index (χ0n) is 9.84. The standard InChI is InChI=1S/C14H16O3/c1-2-3-5-10-13(11-15)17-14(16)12-8-6-4-7-9-12/h3-9,11,13H,2,10H2,1H3/b5-3+/t13-/m0/s1. The van der Waals surface area contributed by atoms with Crippen LogP contribution in [0.4, 0.5) is 0 Å². The van der Waals surface area contributed by atoms with Crippen molar-refractivity contribution in [2.24, 2.45) is 0 Å². The van der Waals surface area contributed by atoms with Gasteiger partial charge in [0.25, 0.3) is 0 Å². The lowest BCUT2D eigenvalue weighted by molar-refractivity contribution is -0.115. The van der Waals surface area contributed by atoms with Crippen LogP contribution in [0.2, 0.25) is 0 Å². The first-order valence-corrected chi connectivity index (χ1v) is 5.64. The largest absolute Gasteiger partial charge is 0.451 e. The molecule has 0 spiro atoms. The Labute approximate surface area is 101 Å². The van der Waals surface area contributed by atoms with Gasteiger partial charge in [0.1, 0.15) is 0 Å². The number of esters is 1. The van der Waals surface area contributed by atoms with Crippen LogP contribution in [0, 0.1) is 0 Å². The molecule has 0 aliphatic rings. The van der Waals surface area contributed by atoms with E-state index in [4.69, 9.17) is 4.74 Å². The summed E-state index contributed by atoms with van der Waals surface area (Å²) in [5, 5.41) is 0. The van der Waals surface area contributed by atoms with Crippen molar-refractivity contribution in [3.05, 3.63) is 48.0 Å². The van der Waals surface area contributed by atoms with Gasteiger partial charge in [-0.15, -0.1) is 0 Å². The molecule has 0 saturated heterocycles. The molecule has 0 heterocycles. The van der Waals surface area contributed by atoms with Crippen LogP contribution >= 0.6 is 0 Å². The van der Waals surface area contributed by atoms with E-state index in [0.29, 0.717) is 18.3 Å². The topological polar surface area (TPSA) is 43.4 Å². The summed E-state index contributed by atoms with van der Waals surface area (Å²) in [6.45, 7) is 2.00. The molecular weight excluding hydrogens is 216 g/mol. The average molecular weight is 232 g/mol. The highest BCUT2D eigenvalue weighted by molar-refractivity contribution is 5.90. The number of benzene rings is 1. The quantitative estimate of drug-likeness (QED) is 0.430. The highest BCUT2D eigenvalue weighted by Gasteiger charge is 2.13. The number of ether oxygens (including phenoxy) is 1. The van der Waals surface area contributed by atoms with Gasteiger partial charge in [-0.1, -0.05) is 37.3 Å². The number of aldehydes is 1. The Kier molecular flexibility index (Phi) is 5.72. The minimum atomic E-state index is -0.703.